The average molecular weight is 539 g/mol. The maximum absolute atomic E-state index is 13.1. The van der Waals surface area contributed by atoms with Crippen molar-refractivity contribution < 1.29 is 19.2 Å². The minimum Gasteiger partial charge on any atom is -0.464 e. The van der Waals surface area contributed by atoms with E-state index in [4.69, 9.17) is 21.3 Å². The third-order valence-corrected chi connectivity index (χ3v) is 8.07. The van der Waals surface area contributed by atoms with Gasteiger partial charge in [0.2, 0.25) is 0 Å². The van der Waals surface area contributed by atoms with Crippen molar-refractivity contribution in [1.82, 2.24) is 4.98 Å². The molecule has 0 radical (unpaired) electrons. The number of alkyl halides is 1. The molecule has 5 aromatic rings. The number of nitro groups is 1. The number of Topliss-reactive ketones (excluding diaryl/α,β-unsaturated/α-hetero) is 1. The molecule has 0 saturated carbocycles. The van der Waals surface area contributed by atoms with E-state index in [2.05, 4.69) is 0 Å². The van der Waals surface area contributed by atoms with Crippen LogP contribution in [0.1, 0.15) is 45.6 Å². The van der Waals surface area contributed by atoms with Gasteiger partial charge in [0, 0.05) is 29.0 Å². The number of pyridine rings is 1. The fourth-order valence-electron chi connectivity index (χ4n) is 6.00. The maximum atomic E-state index is 13.1. The van der Waals surface area contributed by atoms with E-state index in [1.165, 1.54) is 13.2 Å². The first-order valence-corrected chi connectivity index (χ1v) is 13.1. The van der Waals surface area contributed by atoms with Gasteiger partial charge in [0.05, 0.1) is 23.3 Å². The zero-order valence-corrected chi connectivity index (χ0v) is 21.8. The van der Waals surface area contributed by atoms with Gasteiger partial charge in [-0.05, 0) is 57.6 Å². The first-order chi connectivity index (χ1) is 18.9. The highest BCUT2D eigenvalue weighted by atomic mass is 35.5. The number of methoxy groups -OCH3 is 1. The molecule has 4 aromatic carbocycles. The highest BCUT2D eigenvalue weighted by Gasteiger charge is 2.34. The van der Waals surface area contributed by atoms with Gasteiger partial charge < -0.3 is 4.74 Å². The molecule has 1 aromatic heterocycles. The fraction of sp³-hybridized carbons (Fsp3) is 0.194. The molecule has 8 heteroatoms. The monoisotopic (exact) mass is 538 g/mol. The minimum atomic E-state index is -0.517. The predicted octanol–water partition coefficient (Wildman–Crippen LogP) is 6.86. The lowest BCUT2D eigenvalue weighted by molar-refractivity contribution is -0.383. The van der Waals surface area contributed by atoms with Crippen molar-refractivity contribution in [2.24, 2.45) is 0 Å². The van der Waals surface area contributed by atoms with Crippen LogP contribution in [0.2, 0.25) is 0 Å². The second-order valence-electron chi connectivity index (χ2n) is 9.82. The quantitative estimate of drug-likeness (QED) is 0.0796. The third-order valence-electron chi connectivity index (χ3n) is 7.80. The topological polar surface area (TPSA) is 99.4 Å². The smallest absolute Gasteiger partial charge is 0.357 e. The van der Waals surface area contributed by atoms with E-state index in [-0.39, 0.29) is 33.9 Å². The predicted molar refractivity (Wildman–Crippen MR) is 151 cm³/mol. The van der Waals surface area contributed by atoms with E-state index in [0.29, 0.717) is 29.3 Å². The molecule has 0 fully saturated rings. The number of ether oxygens (including phenoxy) is 1. The van der Waals surface area contributed by atoms with Crippen molar-refractivity contribution in [3.8, 4) is 0 Å². The number of ketones is 1. The molecule has 194 valence electrons. The van der Waals surface area contributed by atoms with E-state index in [1.54, 1.807) is 12.1 Å². The Hall–Kier alpha value is -4.36. The Morgan fingerprint density at radius 3 is 2.46 bits per heavy atom. The Morgan fingerprint density at radius 2 is 1.69 bits per heavy atom. The van der Waals surface area contributed by atoms with Crippen LogP contribution in [-0.4, -0.2) is 34.6 Å². The van der Waals surface area contributed by atoms with E-state index in [1.807, 2.05) is 54.6 Å². The molecule has 0 amide bonds. The summed E-state index contributed by atoms with van der Waals surface area (Å²) in [6.45, 7) is 0. The number of hydrogen-bond acceptors (Lipinski definition) is 6. The lowest BCUT2D eigenvalue weighted by Gasteiger charge is -2.32. The number of carbonyl (C=O) groups excluding carboxylic acids is 2. The molecule has 0 spiro atoms. The number of fused-ring (bicyclic) bond motifs is 6. The number of aromatic nitrogens is 1. The van der Waals surface area contributed by atoms with E-state index in [9.17, 15) is 19.7 Å². The standard InChI is InChI=1S/C31H23ClN2O5/c1-39-31(36)30-19-6-3-2-5-17(19)15-27(33-30)18-13-25-22-11-12-24-20(7-4-8-28(24)34(37)38)21(22)9-10-23(25)26(14-18)29(35)16-32/h2-12,15,18,26H,13-14,16H2,1H3. The number of esters is 1. The van der Waals surface area contributed by atoms with Gasteiger partial charge in [0.25, 0.3) is 5.69 Å². The van der Waals surface area contributed by atoms with Gasteiger partial charge in [0.1, 0.15) is 0 Å². The summed E-state index contributed by atoms with van der Waals surface area (Å²) < 4.78 is 5.02. The number of rotatable bonds is 5. The summed E-state index contributed by atoms with van der Waals surface area (Å²) >= 11 is 6.06. The summed E-state index contributed by atoms with van der Waals surface area (Å²) in [4.78, 5) is 41.8. The lowest BCUT2D eigenvalue weighted by atomic mass is 9.72. The molecule has 2 atom stereocenters. The molecular formula is C31H23ClN2O5. The molecule has 39 heavy (non-hydrogen) atoms. The van der Waals surface area contributed by atoms with Crippen LogP contribution in [0.3, 0.4) is 0 Å². The highest BCUT2D eigenvalue weighted by Crippen LogP contribution is 2.45. The highest BCUT2D eigenvalue weighted by molar-refractivity contribution is 6.28. The number of non-ortho nitro benzene ring substituents is 1. The molecule has 1 aliphatic rings. The van der Waals surface area contributed by atoms with Crippen LogP contribution in [0.15, 0.2) is 72.8 Å². The lowest BCUT2D eigenvalue weighted by Crippen LogP contribution is -2.25. The van der Waals surface area contributed by atoms with Crippen molar-refractivity contribution in [2.75, 3.05) is 13.0 Å². The van der Waals surface area contributed by atoms with Crippen molar-refractivity contribution in [3.63, 3.8) is 0 Å². The van der Waals surface area contributed by atoms with Crippen LogP contribution in [0.25, 0.3) is 32.3 Å². The van der Waals surface area contributed by atoms with Gasteiger partial charge >= 0.3 is 5.97 Å². The van der Waals surface area contributed by atoms with E-state index >= 15 is 0 Å². The van der Waals surface area contributed by atoms with Crippen LogP contribution in [-0.2, 0) is 16.0 Å². The Kier molecular flexibility index (Phi) is 6.23. The van der Waals surface area contributed by atoms with Crippen LogP contribution in [0.4, 0.5) is 5.69 Å². The molecule has 7 nitrogen and oxygen atoms in total. The first kappa shape index (κ1) is 24.9. The summed E-state index contributed by atoms with van der Waals surface area (Å²) in [5, 5.41) is 16.4. The summed E-state index contributed by atoms with van der Waals surface area (Å²) in [7, 11) is 1.33. The normalized spacial score (nSPS) is 16.8. The molecular weight excluding hydrogens is 516 g/mol. The fourth-order valence-corrected chi connectivity index (χ4v) is 6.18. The zero-order chi connectivity index (χ0) is 27.3. The molecule has 1 aliphatic carbocycles. The summed E-state index contributed by atoms with van der Waals surface area (Å²) in [6, 6.07) is 22.2. The van der Waals surface area contributed by atoms with Gasteiger partial charge in [-0.1, -0.05) is 54.6 Å². The molecule has 0 N–H and O–H groups in total. The molecule has 1 heterocycles. The van der Waals surface area contributed by atoms with E-state index < -0.39 is 11.9 Å². The number of nitro benzene ring substituents is 1. The Bertz CT molecular complexity index is 1830. The van der Waals surface area contributed by atoms with Crippen molar-refractivity contribution >= 4 is 61.4 Å². The van der Waals surface area contributed by atoms with Crippen LogP contribution in [0, 0.1) is 10.1 Å². The zero-order valence-electron chi connectivity index (χ0n) is 21.0. The van der Waals surface area contributed by atoms with Crippen molar-refractivity contribution in [1.29, 1.82) is 0 Å². The molecule has 0 saturated heterocycles. The number of carbonyl (C=O) groups is 2. The number of nitrogens with zero attached hydrogens (tertiary/aromatic N) is 2. The first-order valence-electron chi connectivity index (χ1n) is 12.6. The molecule has 0 bridgehead atoms. The maximum Gasteiger partial charge on any atom is 0.357 e. The van der Waals surface area contributed by atoms with Crippen LogP contribution >= 0.6 is 11.6 Å². The Morgan fingerprint density at radius 1 is 0.974 bits per heavy atom. The summed E-state index contributed by atoms with van der Waals surface area (Å²) in [5.41, 5.74) is 2.92. The van der Waals surface area contributed by atoms with Crippen molar-refractivity contribution in [3.05, 3.63) is 105 Å². The summed E-state index contributed by atoms with van der Waals surface area (Å²) in [5.74, 6) is -1.30. The molecule has 6 rings (SSSR count). The minimum absolute atomic E-state index is 0.0518. The van der Waals surface area contributed by atoms with Gasteiger partial charge in [-0.2, -0.15) is 0 Å². The Balaban J connectivity index is 1.56. The molecule has 0 aliphatic heterocycles. The second kappa shape index (κ2) is 9.75. The molecule has 2 unspecified atom stereocenters. The largest absolute Gasteiger partial charge is 0.464 e. The van der Waals surface area contributed by atoms with E-state index in [0.717, 1.165) is 32.7 Å². The van der Waals surface area contributed by atoms with Gasteiger partial charge in [0.15, 0.2) is 11.5 Å². The Labute approximate surface area is 228 Å². The van der Waals surface area contributed by atoms with Gasteiger partial charge in [-0.25, -0.2) is 9.78 Å². The SMILES string of the molecule is COC(=O)c1nc(C2Cc3c(ccc4c3ccc3c([N+](=O)[O-])cccc34)C(C(=O)CCl)C2)cc2ccccc12. The van der Waals surface area contributed by atoms with Crippen LogP contribution in [0.5, 0.6) is 0 Å². The number of benzene rings is 4. The number of hydrogen-bond donors (Lipinski definition) is 0. The third kappa shape index (κ3) is 4.10. The van der Waals surface area contributed by atoms with Gasteiger partial charge in [-0.15, -0.1) is 11.6 Å². The van der Waals surface area contributed by atoms with Crippen LogP contribution < -0.4 is 0 Å². The average Bonchev–Trinajstić information content (AvgIpc) is 2.98. The second-order valence-corrected chi connectivity index (χ2v) is 10.1. The summed E-state index contributed by atoms with van der Waals surface area (Å²) in [6.07, 6.45) is 1.10. The van der Waals surface area contributed by atoms with Crippen molar-refractivity contribution in [2.45, 2.75) is 24.7 Å². The number of halogens is 1. The van der Waals surface area contributed by atoms with Gasteiger partial charge in [-0.3, -0.25) is 14.9 Å².